The second-order valence-electron chi connectivity index (χ2n) is 9.41. The number of halogens is 3. The first-order valence-electron chi connectivity index (χ1n) is 11.7. The van der Waals surface area contributed by atoms with Crippen molar-refractivity contribution in [3.05, 3.63) is 29.8 Å². The Morgan fingerprint density at radius 1 is 0.781 bits per heavy atom. The summed E-state index contributed by atoms with van der Waals surface area (Å²) in [5.74, 6) is 2.38. The highest BCUT2D eigenvalue weighted by Crippen LogP contribution is 2.47. The zero-order chi connectivity index (χ0) is 23.4. The molecule has 2 saturated carbocycles. The Bertz CT molecular complexity index is 684. The summed E-state index contributed by atoms with van der Waals surface area (Å²) in [6, 6.07) is 6.44. The van der Waals surface area contributed by atoms with Gasteiger partial charge in [0.05, 0.1) is 0 Å². The molecule has 0 bridgehead atoms. The normalized spacial score (nSPS) is 28.3. The predicted octanol–water partition coefficient (Wildman–Crippen LogP) is 6.93. The quantitative estimate of drug-likeness (QED) is 0.383. The summed E-state index contributed by atoms with van der Waals surface area (Å²) in [5, 5.41) is 0. The zero-order valence-corrected chi connectivity index (χ0v) is 20.6. The van der Waals surface area contributed by atoms with Crippen LogP contribution >= 0.6 is 0 Å². The molecule has 1 atom stereocenters. The maximum Gasteiger partial charge on any atom is 0.573 e. The van der Waals surface area contributed by atoms with E-state index in [-0.39, 0.29) is 5.75 Å². The molecule has 4 nitrogen and oxygen atoms in total. The fourth-order valence-electron chi connectivity index (χ4n) is 6.08. The van der Waals surface area contributed by atoms with Crippen molar-refractivity contribution in [1.29, 1.82) is 0 Å². The van der Waals surface area contributed by atoms with Crippen molar-refractivity contribution in [3.63, 3.8) is 0 Å². The lowest BCUT2D eigenvalue weighted by atomic mass is 9.68. The van der Waals surface area contributed by atoms with Crippen molar-refractivity contribution in [2.45, 2.75) is 76.1 Å². The molecular weight excluding hydrogens is 437 g/mol. The van der Waals surface area contributed by atoms with Crippen LogP contribution in [0.5, 0.6) is 5.75 Å². The Morgan fingerprint density at radius 2 is 1.25 bits per heavy atom. The molecule has 0 N–H and O–H groups in total. The molecule has 1 unspecified atom stereocenters. The fraction of sp³-hybridized carbons (Fsp3) is 0.750. The summed E-state index contributed by atoms with van der Waals surface area (Å²) in [4.78, 5) is 0. The van der Waals surface area contributed by atoms with Crippen LogP contribution in [0.1, 0.15) is 69.8 Å². The second kappa shape index (κ2) is 10.9. The van der Waals surface area contributed by atoms with Gasteiger partial charge in [-0.1, -0.05) is 19.1 Å². The predicted molar refractivity (Wildman–Crippen MR) is 119 cm³/mol. The van der Waals surface area contributed by atoms with Gasteiger partial charge in [-0.15, -0.1) is 13.2 Å². The third-order valence-corrected chi connectivity index (χ3v) is 11.3. The molecule has 0 spiro atoms. The number of benzene rings is 1. The SMILES string of the molecule is CO[Si](OC)(OC)C(C)C1CCC(C2CCC(c3ccc(OC(F)(F)F)cc3)CC2)CC1. The number of alkyl halides is 3. The van der Waals surface area contributed by atoms with Crippen molar-refractivity contribution >= 4 is 8.80 Å². The lowest BCUT2D eigenvalue weighted by Crippen LogP contribution is -2.49. The van der Waals surface area contributed by atoms with E-state index < -0.39 is 15.2 Å². The second-order valence-corrected chi connectivity index (χ2v) is 12.8. The van der Waals surface area contributed by atoms with Crippen LogP contribution in [-0.4, -0.2) is 36.5 Å². The average Bonchev–Trinajstić information content (AvgIpc) is 2.80. The summed E-state index contributed by atoms with van der Waals surface area (Å²) >= 11 is 0. The monoisotopic (exact) mass is 474 g/mol. The fourth-order valence-corrected chi connectivity index (χ4v) is 8.60. The van der Waals surface area contributed by atoms with Crippen molar-refractivity contribution in [1.82, 2.24) is 0 Å². The smallest absolute Gasteiger partial charge is 0.406 e. The Labute approximate surface area is 191 Å². The molecule has 32 heavy (non-hydrogen) atoms. The lowest BCUT2D eigenvalue weighted by molar-refractivity contribution is -0.274. The van der Waals surface area contributed by atoms with Gasteiger partial charge in [-0.05, 0) is 92.7 Å². The molecule has 0 heterocycles. The van der Waals surface area contributed by atoms with Crippen LogP contribution in [0.4, 0.5) is 13.2 Å². The van der Waals surface area contributed by atoms with Gasteiger partial charge in [-0.2, -0.15) is 0 Å². The van der Waals surface area contributed by atoms with Gasteiger partial charge in [0.25, 0.3) is 0 Å². The van der Waals surface area contributed by atoms with Gasteiger partial charge in [-0.3, -0.25) is 0 Å². The Balaban J connectivity index is 1.47. The van der Waals surface area contributed by atoms with E-state index in [9.17, 15) is 13.2 Å². The number of rotatable bonds is 8. The highest BCUT2D eigenvalue weighted by molar-refractivity contribution is 6.62. The zero-order valence-electron chi connectivity index (χ0n) is 19.6. The summed E-state index contributed by atoms with van der Waals surface area (Å²) in [6.45, 7) is 2.21. The van der Waals surface area contributed by atoms with E-state index in [0.717, 1.165) is 30.2 Å². The van der Waals surface area contributed by atoms with Crippen LogP contribution in [0.15, 0.2) is 24.3 Å². The first-order chi connectivity index (χ1) is 15.2. The highest BCUT2D eigenvalue weighted by atomic mass is 28.4. The summed E-state index contributed by atoms with van der Waals surface area (Å²) in [6.07, 6.45) is 4.84. The molecule has 1 aromatic rings. The standard InChI is InChI=1S/C24H37F3O4Si/c1-17(32(28-2,29-3)30-4)18-5-7-19(8-6-18)20-9-11-21(12-10-20)22-13-15-23(16-14-22)31-24(25,26)27/h13-21H,5-12H2,1-4H3. The number of hydrogen-bond donors (Lipinski definition) is 0. The lowest BCUT2D eigenvalue weighted by Gasteiger charge is -2.41. The maximum atomic E-state index is 12.4. The van der Waals surface area contributed by atoms with Crippen LogP contribution in [0.25, 0.3) is 0 Å². The Hall–Kier alpha value is -1.09. The summed E-state index contributed by atoms with van der Waals surface area (Å²) in [5.41, 5.74) is 1.42. The van der Waals surface area contributed by atoms with E-state index in [0.29, 0.717) is 17.4 Å². The Kier molecular flexibility index (Phi) is 8.69. The van der Waals surface area contributed by atoms with Crippen molar-refractivity contribution in [2.75, 3.05) is 21.3 Å². The van der Waals surface area contributed by atoms with Crippen molar-refractivity contribution in [2.24, 2.45) is 17.8 Å². The van der Waals surface area contributed by atoms with E-state index in [2.05, 4.69) is 11.7 Å². The number of hydrogen-bond acceptors (Lipinski definition) is 4. The third-order valence-electron chi connectivity index (χ3n) is 7.96. The minimum absolute atomic E-state index is 0.150. The van der Waals surface area contributed by atoms with Crippen LogP contribution in [0.3, 0.4) is 0 Å². The van der Waals surface area contributed by atoms with Gasteiger partial charge in [-0.25, -0.2) is 0 Å². The van der Waals surface area contributed by atoms with Crippen molar-refractivity contribution in [3.8, 4) is 5.75 Å². The maximum absolute atomic E-state index is 12.4. The van der Waals surface area contributed by atoms with Gasteiger partial charge in [0, 0.05) is 26.9 Å². The van der Waals surface area contributed by atoms with Gasteiger partial charge < -0.3 is 18.0 Å². The molecule has 0 radical (unpaired) electrons. The van der Waals surface area contributed by atoms with Gasteiger partial charge in [0.2, 0.25) is 0 Å². The van der Waals surface area contributed by atoms with E-state index in [1.165, 1.54) is 50.7 Å². The molecule has 2 aliphatic rings. The van der Waals surface area contributed by atoms with E-state index in [4.69, 9.17) is 13.3 Å². The molecule has 3 rings (SSSR count). The van der Waals surface area contributed by atoms with Crippen LogP contribution in [0, 0.1) is 17.8 Å². The first kappa shape index (κ1) is 25.5. The minimum atomic E-state index is -4.64. The molecule has 2 fully saturated rings. The molecule has 0 amide bonds. The van der Waals surface area contributed by atoms with Gasteiger partial charge >= 0.3 is 15.2 Å². The Morgan fingerprint density at radius 3 is 1.69 bits per heavy atom. The molecule has 0 aromatic heterocycles. The molecule has 182 valence electrons. The highest BCUT2D eigenvalue weighted by Gasteiger charge is 2.49. The molecular formula is C24H37F3O4Si. The summed E-state index contributed by atoms with van der Waals surface area (Å²) in [7, 11) is 2.47. The first-order valence-corrected chi connectivity index (χ1v) is 13.5. The molecule has 0 saturated heterocycles. The van der Waals surface area contributed by atoms with Crippen LogP contribution in [-0.2, 0) is 13.3 Å². The van der Waals surface area contributed by atoms with E-state index in [1.54, 1.807) is 33.5 Å². The topological polar surface area (TPSA) is 36.9 Å². The summed E-state index contributed by atoms with van der Waals surface area (Å²) < 4.78 is 58.2. The van der Waals surface area contributed by atoms with Crippen LogP contribution < -0.4 is 4.74 Å². The minimum Gasteiger partial charge on any atom is -0.406 e. The largest absolute Gasteiger partial charge is 0.573 e. The van der Waals surface area contributed by atoms with Crippen LogP contribution in [0.2, 0.25) is 5.54 Å². The van der Waals surface area contributed by atoms with E-state index >= 15 is 0 Å². The molecule has 2 aliphatic carbocycles. The van der Waals surface area contributed by atoms with Gasteiger partial charge in [0.1, 0.15) is 5.75 Å². The average molecular weight is 475 g/mol. The van der Waals surface area contributed by atoms with E-state index in [1.807, 2.05) is 0 Å². The van der Waals surface area contributed by atoms with Gasteiger partial charge in [0.15, 0.2) is 0 Å². The number of ether oxygens (including phenoxy) is 1. The molecule has 8 heteroatoms. The molecule has 1 aromatic carbocycles. The van der Waals surface area contributed by atoms with Crippen molar-refractivity contribution < 1.29 is 31.2 Å². The third kappa shape index (κ3) is 6.07. The molecule has 0 aliphatic heterocycles.